The summed E-state index contributed by atoms with van der Waals surface area (Å²) in [6.07, 6.45) is 22.6. The van der Waals surface area contributed by atoms with Crippen LogP contribution in [0.25, 0.3) is 0 Å². The van der Waals surface area contributed by atoms with Gasteiger partial charge in [0.05, 0.1) is 6.61 Å². The molecule has 0 aliphatic carbocycles. The lowest BCUT2D eigenvalue weighted by Gasteiger charge is -2.14. The fourth-order valence-corrected chi connectivity index (χ4v) is 3.31. The second-order valence-electron chi connectivity index (χ2n) is 7.07. The van der Waals surface area contributed by atoms with Gasteiger partial charge in [-0.05, 0) is 19.3 Å². The van der Waals surface area contributed by atoms with Crippen molar-refractivity contribution in [2.45, 2.75) is 110 Å². The SMILES string of the molecule is CCCCCCCCCCCCCCCCON1CCCC1. The zero-order valence-electron chi connectivity index (χ0n) is 15.3. The number of hydroxylamine groups is 2. The van der Waals surface area contributed by atoms with Gasteiger partial charge in [-0.25, -0.2) is 0 Å². The van der Waals surface area contributed by atoms with E-state index in [1.807, 2.05) is 0 Å². The fraction of sp³-hybridized carbons (Fsp3) is 1.00. The molecule has 1 aliphatic heterocycles. The maximum Gasteiger partial charge on any atom is 0.0685 e. The first-order valence-electron chi connectivity index (χ1n) is 10.3. The first-order valence-corrected chi connectivity index (χ1v) is 10.3. The largest absolute Gasteiger partial charge is 0.299 e. The Morgan fingerprint density at radius 1 is 0.591 bits per heavy atom. The van der Waals surface area contributed by atoms with Crippen molar-refractivity contribution in [3.63, 3.8) is 0 Å². The van der Waals surface area contributed by atoms with Crippen LogP contribution in [0.15, 0.2) is 0 Å². The molecule has 1 aliphatic rings. The number of rotatable bonds is 16. The molecule has 0 N–H and O–H groups in total. The van der Waals surface area contributed by atoms with Gasteiger partial charge in [0, 0.05) is 13.1 Å². The van der Waals surface area contributed by atoms with Crippen LogP contribution in [-0.2, 0) is 4.84 Å². The van der Waals surface area contributed by atoms with Gasteiger partial charge in [-0.3, -0.25) is 4.84 Å². The third kappa shape index (κ3) is 12.5. The smallest absolute Gasteiger partial charge is 0.0685 e. The van der Waals surface area contributed by atoms with Crippen molar-refractivity contribution < 1.29 is 4.84 Å². The maximum atomic E-state index is 5.74. The zero-order chi connectivity index (χ0) is 15.7. The Morgan fingerprint density at radius 3 is 1.45 bits per heavy atom. The van der Waals surface area contributed by atoms with E-state index in [2.05, 4.69) is 12.0 Å². The molecule has 1 heterocycles. The average Bonchev–Trinajstić information content (AvgIpc) is 3.04. The highest BCUT2D eigenvalue weighted by Gasteiger charge is 2.10. The van der Waals surface area contributed by atoms with Gasteiger partial charge in [0.25, 0.3) is 0 Å². The fourth-order valence-electron chi connectivity index (χ4n) is 3.31. The molecular weight excluding hydrogens is 270 g/mol. The summed E-state index contributed by atoms with van der Waals surface area (Å²) in [6.45, 7) is 5.54. The predicted octanol–water partition coefficient (Wildman–Crippen LogP) is 6.50. The van der Waals surface area contributed by atoms with Crippen molar-refractivity contribution >= 4 is 0 Å². The molecule has 0 amide bonds. The van der Waals surface area contributed by atoms with Gasteiger partial charge in [-0.15, -0.1) is 0 Å². The van der Waals surface area contributed by atoms with E-state index in [4.69, 9.17) is 4.84 Å². The summed E-state index contributed by atoms with van der Waals surface area (Å²) < 4.78 is 0. The summed E-state index contributed by atoms with van der Waals surface area (Å²) in [6, 6.07) is 0. The van der Waals surface area contributed by atoms with Gasteiger partial charge >= 0.3 is 0 Å². The molecule has 132 valence electrons. The van der Waals surface area contributed by atoms with Crippen molar-refractivity contribution in [1.82, 2.24) is 5.06 Å². The van der Waals surface area contributed by atoms with Crippen LogP contribution in [0.4, 0.5) is 0 Å². The van der Waals surface area contributed by atoms with Crippen LogP contribution in [0.5, 0.6) is 0 Å². The van der Waals surface area contributed by atoms with Crippen LogP contribution in [-0.4, -0.2) is 24.8 Å². The molecule has 0 spiro atoms. The molecule has 2 heteroatoms. The Balaban J connectivity index is 1.64. The van der Waals surface area contributed by atoms with Gasteiger partial charge < -0.3 is 0 Å². The molecule has 0 aromatic carbocycles. The first kappa shape index (κ1) is 20.0. The Bertz CT molecular complexity index is 214. The lowest BCUT2D eigenvalue weighted by atomic mass is 10.0. The Hall–Kier alpha value is -0.0800. The molecule has 0 aromatic rings. The molecule has 1 rings (SSSR count). The number of nitrogens with zero attached hydrogens (tertiary/aromatic N) is 1. The van der Waals surface area contributed by atoms with Gasteiger partial charge in [0.1, 0.15) is 0 Å². The molecule has 0 saturated carbocycles. The summed E-state index contributed by atoms with van der Waals surface area (Å²) in [5.41, 5.74) is 0. The first-order chi connectivity index (χ1) is 10.9. The molecule has 0 radical (unpaired) electrons. The third-order valence-corrected chi connectivity index (χ3v) is 4.84. The monoisotopic (exact) mass is 311 g/mol. The van der Waals surface area contributed by atoms with Crippen LogP contribution in [0.2, 0.25) is 0 Å². The lowest BCUT2D eigenvalue weighted by molar-refractivity contribution is -0.143. The van der Waals surface area contributed by atoms with Crippen LogP contribution in [0.1, 0.15) is 110 Å². The van der Waals surface area contributed by atoms with Crippen molar-refractivity contribution in [3.8, 4) is 0 Å². The van der Waals surface area contributed by atoms with Crippen molar-refractivity contribution in [3.05, 3.63) is 0 Å². The molecule has 1 saturated heterocycles. The van der Waals surface area contributed by atoms with Crippen molar-refractivity contribution in [2.24, 2.45) is 0 Å². The van der Waals surface area contributed by atoms with Crippen LogP contribution in [0.3, 0.4) is 0 Å². The molecule has 22 heavy (non-hydrogen) atoms. The minimum Gasteiger partial charge on any atom is -0.299 e. The summed E-state index contributed by atoms with van der Waals surface area (Å²) in [5, 5.41) is 2.16. The van der Waals surface area contributed by atoms with E-state index >= 15 is 0 Å². The standard InChI is InChI=1S/C20H41NO/c1-2-3-4-5-6-7-8-9-10-11-12-13-14-17-20-22-21-18-15-16-19-21/h2-20H2,1H3. The minimum absolute atomic E-state index is 0.942. The average molecular weight is 312 g/mol. The molecule has 0 unspecified atom stereocenters. The molecule has 0 atom stereocenters. The third-order valence-electron chi connectivity index (χ3n) is 4.84. The van der Waals surface area contributed by atoms with Crippen molar-refractivity contribution in [1.29, 1.82) is 0 Å². The van der Waals surface area contributed by atoms with Crippen molar-refractivity contribution in [2.75, 3.05) is 19.7 Å². The van der Waals surface area contributed by atoms with E-state index < -0.39 is 0 Å². The number of hydrogen-bond acceptors (Lipinski definition) is 2. The van der Waals surface area contributed by atoms with E-state index in [0.717, 1.165) is 19.7 Å². The molecule has 0 aromatic heterocycles. The minimum atomic E-state index is 0.942. The quantitative estimate of drug-likeness (QED) is 0.302. The summed E-state index contributed by atoms with van der Waals surface area (Å²) in [4.78, 5) is 5.74. The Morgan fingerprint density at radius 2 is 1.00 bits per heavy atom. The van der Waals surface area contributed by atoms with E-state index in [1.54, 1.807) is 0 Å². The highest BCUT2D eigenvalue weighted by molar-refractivity contribution is 4.57. The summed E-state index contributed by atoms with van der Waals surface area (Å²) in [5.74, 6) is 0. The van der Waals surface area contributed by atoms with E-state index in [9.17, 15) is 0 Å². The maximum absolute atomic E-state index is 5.74. The summed E-state index contributed by atoms with van der Waals surface area (Å²) in [7, 11) is 0. The highest BCUT2D eigenvalue weighted by atomic mass is 16.7. The normalized spacial score (nSPS) is 15.7. The Labute approximate surface area is 139 Å². The Kier molecular flexibility index (Phi) is 14.3. The van der Waals surface area contributed by atoms with Gasteiger partial charge in [0.15, 0.2) is 0 Å². The number of hydrogen-bond donors (Lipinski definition) is 0. The molecular formula is C20H41NO. The van der Waals surface area contributed by atoms with E-state index in [0.29, 0.717) is 0 Å². The predicted molar refractivity (Wildman–Crippen MR) is 97.1 cm³/mol. The molecule has 0 bridgehead atoms. The topological polar surface area (TPSA) is 12.5 Å². The van der Waals surface area contributed by atoms with E-state index in [1.165, 1.54) is 103 Å². The van der Waals surface area contributed by atoms with Gasteiger partial charge in [-0.1, -0.05) is 90.4 Å². The van der Waals surface area contributed by atoms with Gasteiger partial charge in [0.2, 0.25) is 0 Å². The van der Waals surface area contributed by atoms with Gasteiger partial charge in [-0.2, -0.15) is 5.06 Å². The summed E-state index contributed by atoms with van der Waals surface area (Å²) >= 11 is 0. The molecule has 2 nitrogen and oxygen atoms in total. The lowest BCUT2D eigenvalue weighted by Crippen LogP contribution is -2.20. The highest BCUT2D eigenvalue weighted by Crippen LogP contribution is 2.13. The van der Waals surface area contributed by atoms with Crippen LogP contribution >= 0.6 is 0 Å². The van der Waals surface area contributed by atoms with Crippen LogP contribution < -0.4 is 0 Å². The van der Waals surface area contributed by atoms with E-state index in [-0.39, 0.29) is 0 Å². The molecule has 1 fully saturated rings. The second kappa shape index (κ2) is 15.8. The second-order valence-corrected chi connectivity index (χ2v) is 7.07. The van der Waals surface area contributed by atoms with Crippen LogP contribution in [0, 0.1) is 0 Å². The zero-order valence-corrected chi connectivity index (χ0v) is 15.3. The number of unbranched alkanes of at least 4 members (excludes halogenated alkanes) is 13.